The highest BCUT2D eigenvalue weighted by atomic mass is 32.2. The van der Waals surface area contributed by atoms with Gasteiger partial charge < -0.3 is 14.1 Å². The summed E-state index contributed by atoms with van der Waals surface area (Å²) < 4.78 is 12.8. The predicted molar refractivity (Wildman–Crippen MR) is 106 cm³/mol. The minimum absolute atomic E-state index is 0.00507. The summed E-state index contributed by atoms with van der Waals surface area (Å²) in [7, 11) is 1.63. The summed E-state index contributed by atoms with van der Waals surface area (Å²) in [5.74, 6) is 2.47. The Balaban J connectivity index is 1.63. The van der Waals surface area contributed by atoms with Crippen molar-refractivity contribution in [2.24, 2.45) is 0 Å². The van der Waals surface area contributed by atoms with Gasteiger partial charge in [-0.05, 0) is 36.4 Å². The van der Waals surface area contributed by atoms with E-state index in [4.69, 9.17) is 9.15 Å². The lowest BCUT2D eigenvalue weighted by molar-refractivity contribution is 0.101. The fourth-order valence-corrected chi connectivity index (χ4v) is 3.60. The molecule has 3 heterocycles. The zero-order chi connectivity index (χ0) is 19.3. The third-order valence-corrected chi connectivity index (χ3v) is 5.14. The molecule has 7 nitrogen and oxygen atoms in total. The highest BCUT2D eigenvalue weighted by Gasteiger charge is 2.18. The molecule has 0 saturated carbocycles. The number of Topliss-reactive ketones (excluding diaryl/α,β-unsaturated/α-hetero) is 1. The summed E-state index contributed by atoms with van der Waals surface area (Å²) in [4.78, 5) is 15.3. The summed E-state index contributed by atoms with van der Waals surface area (Å²) in [6.45, 7) is 0.464. The molecule has 142 valence electrons. The molecule has 28 heavy (non-hydrogen) atoms. The van der Waals surface area contributed by atoms with Crippen LogP contribution in [0.25, 0.3) is 11.4 Å². The maximum Gasteiger partial charge on any atom is 0.192 e. The van der Waals surface area contributed by atoms with Gasteiger partial charge in [0.05, 0.1) is 31.4 Å². The van der Waals surface area contributed by atoms with E-state index in [9.17, 15) is 4.79 Å². The van der Waals surface area contributed by atoms with Crippen LogP contribution in [0.5, 0.6) is 5.75 Å². The van der Waals surface area contributed by atoms with Crippen LogP contribution in [0.4, 0.5) is 0 Å². The number of furan rings is 1. The number of hydrogen-bond acceptors (Lipinski definition) is 6. The Bertz CT molecular complexity index is 1060. The fourth-order valence-electron chi connectivity index (χ4n) is 2.78. The van der Waals surface area contributed by atoms with Gasteiger partial charge in [-0.15, -0.1) is 10.2 Å². The normalized spacial score (nSPS) is 10.9. The zero-order valence-electron chi connectivity index (χ0n) is 15.2. The Labute approximate surface area is 165 Å². The fraction of sp³-hybridized carbons (Fsp3) is 0.150. The van der Waals surface area contributed by atoms with Crippen molar-refractivity contribution in [1.82, 2.24) is 19.7 Å². The van der Waals surface area contributed by atoms with Gasteiger partial charge in [-0.2, -0.15) is 0 Å². The first kappa shape index (κ1) is 18.1. The summed E-state index contributed by atoms with van der Waals surface area (Å²) in [6, 6.07) is 14.9. The second-order valence-corrected chi connectivity index (χ2v) is 6.94. The average Bonchev–Trinajstić information content (AvgIpc) is 3.49. The van der Waals surface area contributed by atoms with Crippen LogP contribution in [0, 0.1) is 0 Å². The van der Waals surface area contributed by atoms with Crippen molar-refractivity contribution in [3.8, 4) is 17.1 Å². The molecular weight excluding hydrogens is 376 g/mol. The number of benzene rings is 1. The Morgan fingerprint density at radius 2 is 2.14 bits per heavy atom. The largest absolute Gasteiger partial charge is 0.497 e. The van der Waals surface area contributed by atoms with Gasteiger partial charge in [0.1, 0.15) is 11.5 Å². The molecule has 0 aliphatic heterocycles. The number of methoxy groups -OCH3 is 1. The van der Waals surface area contributed by atoms with Crippen LogP contribution in [0.15, 0.2) is 70.6 Å². The van der Waals surface area contributed by atoms with E-state index in [1.54, 1.807) is 31.7 Å². The molecule has 0 atom stereocenters. The van der Waals surface area contributed by atoms with Gasteiger partial charge in [-0.3, -0.25) is 9.36 Å². The number of ketones is 1. The van der Waals surface area contributed by atoms with Crippen LogP contribution >= 0.6 is 11.8 Å². The van der Waals surface area contributed by atoms with E-state index < -0.39 is 0 Å². The highest BCUT2D eigenvalue weighted by molar-refractivity contribution is 7.99. The lowest BCUT2D eigenvalue weighted by Crippen LogP contribution is -2.07. The summed E-state index contributed by atoms with van der Waals surface area (Å²) in [5, 5.41) is 9.32. The molecule has 0 radical (unpaired) electrons. The van der Waals surface area contributed by atoms with E-state index in [1.807, 2.05) is 41.0 Å². The number of carbonyl (C=O) groups excluding carboxylic acids is 1. The van der Waals surface area contributed by atoms with E-state index in [0.717, 1.165) is 17.1 Å². The predicted octanol–water partition coefficient (Wildman–Crippen LogP) is 3.90. The first-order valence-electron chi connectivity index (χ1n) is 8.64. The van der Waals surface area contributed by atoms with Crippen molar-refractivity contribution >= 4 is 17.5 Å². The van der Waals surface area contributed by atoms with Gasteiger partial charge >= 0.3 is 0 Å². The molecular formula is C20H18N4O3S. The van der Waals surface area contributed by atoms with Crippen molar-refractivity contribution < 1.29 is 13.9 Å². The molecule has 4 rings (SSSR count). The molecule has 0 spiro atoms. The minimum atomic E-state index is 0.00507. The summed E-state index contributed by atoms with van der Waals surface area (Å²) in [5.41, 5.74) is 1.46. The van der Waals surface area contributed by atoms with E-state index in [0.29, 0.717) is 23.2 Å². The van der Waals surface area contributed by atoms with Gasteiger partial charge in [-0.25, -0.2) is 0 Å². The van der Waals surface area contributed by atoms with E-state index >= 15 is 0 Å². The Hall–Kier alpha value is -3.26. The van der Waals surface area contributed by atoms with Crippen LogP contribution in [0.3, 0.4) is 0 Å². The summed E-state index contributed by atoms with van der Waals surface area (Å²) in [6.07, 6.45) is 3.37. The van der Waals surface area contributed by atoms with Gasteiger partial charge in [0.2, 0.25) is 0 Å². The number of carbonyl (C=O) groups is 1. The highest BCUT2D eigenvalue weighted by Crippen LogP contribution is 2.28. The molecule has 1 aromatic carbocycles. The molecule has 0 aliphatic carbocycles. The average molecular weight is 394 g/mol. The van der Waals surface area contributed by atoms with Crippen LogP contribution in [0.1, 0.15) is 16.2 Å². The molecule has 0 bridgehead atoms. The van der Waals surface area contributed by atoms with Gasteiger partial charge in [0, 0.05) is 11.8 Å². The number of hydrogen-bond donors (Lipinski definition) is 1. The topological polar surface area (TPSA) is 85.9 Å². The number of nitrogens with one attached hydrogen (secondary N) is 1. The third-order valence-electron chi connectivity index (χ3n) is 4.17. The van der Waals surface area contributed by atoms with E-state index in [2.05, 4.69) is 15.2 Å². The molecule has 1 N–H and O–H groups in total. The molecule has 0 amide bonds. The van der Waals surface area contributed by atoms with Crippen molar-refractivity contribution in [1.29, 1.82) is 0 Å². The number of thioether (sulfide) groups is 1. The van der Waals surface area contributed by atoms with Crippen molar-refractivity contribution in [2.75, 3.05) is 12.9 Å². The maximum absolute atomic E-state index is 12.3. The Morgan fingerprint density at radius 1 is 1.21 bits per heavy atom. The van der Waals surface area contributed by atoms with E-state index in [-0.39, 0.29) is 11.5 Å². The van der Waals surface area contributed by atoms with Crippen molar-refractivity contribution in [3.63, 3.8) is 0 Å². The Kier molecular flexibility index (Phi) is 5.29. The molecule has 0 aliphatic rings. The SMILES string of the molecule is COc1cccc(-c2nnc(SCC(=O)c3ccc[nH]3)n2Cc2ccco2)c1. The number of nitrogens with zero attached hydrogens (tertiary/aromatic N) is 3. The standard InChI is InChI=1S/C20H18N4O3S/c1-26-15-6-2-5-14(11-15)19-22-23-20(24(19)12-16-7-4-10-27-16)28-13-18(25)17-8-3-9-21-17/h2-11,21H,12-13H2,1H3. The molecule has 0 fully saturated rings. The van der Waals surface area contributed by atoms with Crippen molar-refractivity contribution in [2.45, 2.75) is 11.7 Å². The second kappa shape index (κ2) is 8.18. The quantitative estimate of drug-likeness (QED) is 0.360. The first-order chi connectivity index (χ1) is 13.7. The second-order valence-electron chi connectivity index (χ2n) is 6.00. The minimum Gasteiger partial charge on any atom is -0.497 e. The Morgan fingerprint density at radius 3 is 2.89 bits per heavy atom. The van der Waals surface area contributed by atoms with Crippen molar-refractivity contribution in [3.05, 3.63) is 72.4 Å². The van der Waals surface area contributed by atoms with Crippen LogP contribution in [-0.4, -0.2) is 38.4 Å². The lowest BCUT2D eigenvalue weighted by atomic mass is 10.2. The van der Waals surface area contributed by atoms with Crippen LogP contribution in [-0.2, 0) is 6.54 Å². The number of ether oxygens (including phenoxy) is 1. The van der Waals surface area contributed by atoms with E-state index in [1.165, 1.54) is 11.8 Å². The first-order valence-corrected chi connectivity index (χ1v) is 9.62. The van der Waals surface area contributed by atoms with Crippen LogP contribution < -0.4 is 4.74 Å². The lowest BCUT2D eigenvalue weighted by Gasteiger charge is -2.09. The van der Waals surface area contributed by atoms with Crippen LogP contribution in [0.2, 0.25) is 0 Å². The number of rotatable bonds is 8. The summed E-state index contributed by atoms with van der Waals surface area (Å²) >= 11 is 1.35. The molecule has 0 unspecified atom stereocenters. The third kappa shape index (κ3) is 3.86. The monoisotopic (exact) mass is 394 g/mol. The molecule has 8 heteroatoms. The smallest absolute Gasteiger partial charge is 0.192 e. The van der Waals surface area contributed by atoms with Gasteiger partial charge in [0.25, 0.3) is 0 Å². The molecule has 0 saturated heterocycles. The number of aromatic nitrogens is 4. The van der Waals surface area contributed by atoms with Gasteiger partial charge in [0.15, 0.2) is 16.8 Å². The van der Waals surface area contributed by atoms with Gasteiger partial charge in [-0.1, -0.05) is 23.9 Å². The maximum atomic E-state index is 12.3. The zero-order valence-corrected chi connectivity index (χ0v) is 16.0. The number of H-pyrrole nitrogens is 1. The number of aromatic amines is 1. The molecule has 4 aromatic rings. The molecule has 3 aromatic heterocycles.